The van der Waals surface area contributed by atoms with Crippen molar-refractivity contribution in [2.45, 2.75) is 52.6 Å². The third-order valence-electron chi connectivity index (χ3n) is 4.47. The molecule has 27 heavy (non-hydrogen) atoms. The third kappa shape index (κ3) is 3.07. The Morgan fingerprint density at radius 3 is 2.33 bits per heavy atom. The highest BCUT2D eigenvalue weighted by atomic mass is 15.4. The second-order valence-electron chi connectivity index (χ2n) is 9.00. The molecule has 0 fully saturated rings. The molecule has 140 valence electrons. The van der Waals surface area contributed by atoms with E-state index in [0.29, 0.717) is 0 Å². The fraction of sp³-hybridized carbons (Fsp3) is 0.364. The lowest BCUT2D eigenvalue weighted by atomic mass is 10.1. The first kappa shape index (κ1) is 17.6. The molecule has 0 aliphatic carbocycles. The van der Waals surface area contributed by atoms with Crippen LogP contribution in [0.1, 0.15) is 41.5 Å². The van der Waals surface area contributed by atoms with Crippen LogP contribution < -0.4 is 10.2 Å². The lowest BCUT2D eigenvalue weighted by Crippen LogP contribution is -2.50. The lowest BCUT2D eigenvalue weighted by molar-refractivity contribution is 0.546. The number of nitrogens with zero attached hydrogens (tertiary/aromatic N) is 4. The summed E-state index contributed by atoms with van der Waals surface area (Å²) in [6.45, 7) is 13.0. The van der Waals surface area contributed by atoms with Gasteiger partial charge in [0.2, 0.25) is 5.96 Å². The molecule has 4 rings (SSSR count). The minimum Gasteiger partial charge on any atom is -0.325 e. The molecule has 1 aliphatic rings. The molecule has 5 nitrogen and oxygen atoms in total. The molecule has 0 unspecified atom stereocenters. The van der Waals surface area contributed by atoms with Crippen LogP contribution in [0.4, 0.5) is 11.5 Å². The summed E-state index contributed by atoms with van der Waals surface area (Å²) in [5.74, 6) is 1.88. The van der Waals surface area contributed by atoms with Gasteiger partial charge in [0, 0.05) is 17.3 Å². The summed E-state index contributed by atoms with van der Waals surface area (Å²) >= 11 is 0. The van der Waals surface area contributed by atoms with Crippen molar-refractivity contribution in [1.82, 2.24) is 9.38 Å². The molecule has 0 spiro atoms. The maximum atomic E-state index is 5.05. The van der Waals surface area contributed by atoms with Gasteiger partial charge in [0.05, 0.1) is 11.2 Å². The summed E-state index contributed by atoms with van der Waals surface area (Å²) < 4.78 is 2.16. The van der Waals surface area contributed by atoms with E-state index in [4.69, 9.17) is 9.98 Å². The van der Waals surface area contributed by atoms with Crippen molar-refractivity contribution >= 4 is 23.1 Å². The second kappa shape index (κ2) is 5.84. The van der Waals surface area contributed by atoms with Crippen LogP contribution in [-0.4, -0.2) is 26.4 Å². The fourth-order valence-electron chi connectivity index (χ4n) is 3.48. The Morgan fingerprint density at radius 2 is 1.63 bits per heavy atom. The number of guanidine groups is 1. The summed E-state index contributed by atoms with van der Waals surface area (Å²) in [6, 6.07) is 14.4. The summed E-state index contributed by atoms with van der Waals surface area (Å²) in [4.78, 5) is 12.3. The van der Waals surface area contributed by atoms with Crippen LogP contribution in [0, 0.1) is 0 Å². The quantitative estimate of drug-likeness (QED) is 0.599. The van der Waals surface area contributed by atoms with Crippen molar-refractivity contribution in [2.24, 2.45) is 4.99 Å². The van der Waals surface area contributed by atoms with Crippen molar-refractivity contribution < 1.29 is 0 Å². The van der Waals surface area contributed by atoms with Crippen LogP contribution in [0.3, 0.4) is 0 Å². The Morgan fingerprint density at radius 1 is 0.926 bits per heavy atom. The summed E-state index contributed by atoms with van der Waals surface area (Å²) in [6.07, 6.45) is 2.07. The molecule has 3 aromatic rings. The van der Waals surface area contributed by atoms with Crippen LogP contribution in [0.25, 0.3) is 16.9 Å². The third-order valence-corrected chi connectivity index (χ3v) is 4.47. The largest absolute Gasteiger partial charge is 0.325 e. The Labute approximate surface area is 160 Å². The first-order valence-electron chi connectivity index (χ1n) is 9.39. The average Bonchev–Trinajstić information content (AvgIpc) is 2.85. The lowest BCUT2D eigenvalue weighted by Gasteiger charge is -2.38. The van der Waals surface area contributed by atoms with Gasteiger partial charge in [-0.1, -0.05) is 24.3 Å². The molecule has 0 saturated heterocycles. The Hall–Kier alpha value is -2.82. The van der Waals surface area contributed by atoms with Gasteiger partial charge in [0.15, 0.2) is 0 Å². The smallest absolute Gasteiger partial charge is 0.205 e. The minimum absolute atomic E-state index is 0.195. The topological polar surface area (TPSA) is 44.9 Å². The van der Waals surface area contributed by atoms with Gasteiger partial charge in [0.1, 0.15) is 17.2 Å². The van der Waals surface area contributed by atoms with Gasteiger partial charge < -0.3 is 5.32 Å². The Kier molecular flexibility index (Phi) is 3.81. The van der Waals surface area contributed by atoms with Crippen molar-refractivity contribution in [1.29, 1.82) is 0 Å². The second-order valence-corrected chi connectivity index (χ2v) is 9.00. The van der Waals surface area contributed by atoms with Crippen LogP contribution in [0.5, 0.6) is 0 Å². The van der Waals surface area contributed by atoms with E-state index in [1.54, 1.807) is 0 Å². The van der Waals surface area contributed by atoms with Gasteiger partial charge in [-0.25, -0.2) is 9.98 Å². The molecule has 5 heteroatoms. The molecule has 1 aromatic carbocycles. The zero-order chi connectivity index (χ0) is 19.4. The van der Waals surface area contributed by atoms with Gasteiger partial charge in [0.25, 0.3) is 0 Å². The normalized spacial score (nSPS) is 16.1. The maximum absolute atomic E-state index is 5.05. The molecule has 1 aliphatic heterocycles. The van der Waals surface area contributed by atoms with E-state index in [1.807, 2.05) is 24.3 Å². The van der Waals surface area contributed by atoms with E-state index in [0.717, 1.165) is 34.4 Å². The molecule has 0 atom stereocenters. The van der Waals surface area contributed by atoms with Crippen LogP contribution in [-0.2, 0) is 0 Å². The predicted molar refractivity (Wildman–Crippen MR) is 114 cm³/mol. The summed E-state index contributed by atoms with van der Waals surface area (Å²) in [5.41, 5.74) is 3.61. The predicted octanol–water partition coefficient (Wildman–Crippen LogP) is 5.19. The first-order valence-corrected chi connectivity index (χ1v) is 9.39. The minimum atomic E-state index is -0.216. The number of pyridine rings is 1. The maximum Gasteiger partial charge on any atom is 0.205 e. The van der Waals surface area contributed by atoms with Gasteiger partial charge in [-0.2, -0.15) is 0 Å². The molecule has 0 radical (unpaired) electrons. The average molecular weight is 361 g/mol. The molecular weight excluding hydrogens is 334 g/mol. The van der Waals surface area contributed by atoms with Crippen molar-refractivity contribution in [3.8, 4) is 11.3 Å². The van der Waals surface area contributed by atoms with E-state index in [-0.39, 0.29) is 11.1 Å². The van der Waals surface area contributed by atoms with Gasteiger partial charge in [-0.05, 0) is 59.7 Å². The Bertz CT molecular complexity index is 1030. The van der Waals surface area contributed by atoms with Gasteiger partial charge in [-0.15, -0.1) is 0 Å². The van der Waals surface area contributed by atoms with E-state index in [2.05, 4.69) is 80.6 Å². The van der Waals surface area contributed by atoms with Gasteiger partial charge in [-0.3, -0.25) is 9.30 Å². The van der Waals surface area contributed by atoms with Crippen LogP contribution in [0.15, 0.2) is 53.7 Å². The standard InChI is InChI=1S/C22H27N5/c1-21(2,3)25-20-23-16-12-8-7-11-15(16)18-19(27(20)22(4,5)6)26-14-10-9-13-17(26)24-18/h7-14H,1-6H3,(H,23,25). The molecule has 0 saturated carbocycles. The monoisotopic (exact) mass is 361 g/mol. The van der Waals surface area contributed by atoms with E-state index < -0.39 is 0 Å². The van der Waals surface area contributed by atoms with Crippen LogP contribution in [0.2, 0.25) is 0 Å². The zero-order valence-electron chi connectivity index (χ0n) is 16.9. The molecule has 3 heterocycles. The number of imidazole rings is 1. The molecule has 0 amide bonds. The van der Waals surface area contributed by atoms with Crippen molar-refractivity contribution in [3.05, 3.63) is 48.7 Å². The number of benzene rings is 1. The number of para-hydroxylation sites is 1. The zero-order valence-corrected chi connectivity index (χ0v) is 16.9. The highest BCUT2D eigenvalue weighted by Gasteiger charge is 2.36. The number of fused-ring (bicyclic) bond motifs is 5. The highest BCUT2D eigenvalue weighted by Crippen LogP contribution is 2.41. The summed E-state index contributed by atoms with van der Waals surface area (Å²) in [7, 11) is 0. The number of anilines is 2. The molecule has 2 aromatic heterocycles. The number of rotatable bonds is 0. The fourth-order valence-corrected chi connectivity index (χ4v) is 3.48. The van der Waals surface area contributed by atoms with Crippen molar-refractivity contribution in [3.63, 3.8) is 0 Å². The van der Waals surface area contributed by atoms with E-state index >= 15 is 0 Å². The number of nitrogens with one attached hydrogen (secondary N) is 1. The highest BCUT2D eigenvalue weighted by molar-refractivity contribution is 6.12. The van der Waals surface area contributed by atoms with Crippen LogP contribution >= 0.6 is 0 Å². The Balaban J connectivity index is 2.13. The molecular formula is C22H27N5. The number of aliphatic imine (C=N–C) groups is 1. The SMILES string of the molecule is CC(C)(C)N=C1Nc2ccccc2-c2nc3ccccn3c2N1C(C)(C)C. The number of hydrogen-bond donors (Lipinski definition) is 1. The van der Waals surface area contributed by atoms with E-state index in [9.17, 15) is 0 Å². The number of hydrogen-bond acceptors (Lipinski definition) is 2. The van der Waals surface area contributed by atoms with Crippen molar-refractivity contribution in [2.75, 3.05) is 10.2 Å². The molecule has 1 N–H and O–H groups in total. The van der Waals surface area contributed by atoms with Gasteiger partial charge >= 0.3 is 0 Å². The first-order chi connectivity index (χ1) is 12.6. The molecule has 0 bridgehead atoms. The summed E-state index contributed by atoms with van der Waals surface area (Å²) in [5, 5.41) is 3.59. The van der Waals surface area contributed by atoms with E-state index in [1.165, 1.54) is 0 Å². The number of aromatic nitrogens is 2.